The van der Waals surface area contributed by atoms with E-state index in [4.69, 9.17) is 16.3 Å². The summed E-state index contributed by atoms with van der Waals surface area (Å²) in [6.07, 6.45) is 0.965. The normalized spacial score (nSPS) is 15.4. The van der Waals surface area contributed by atoms with Crippen LogP contribution in [0.2, 0.25) is 5.02 Å². The van der Waals surface area contributed by atoms with E-state index < -0.39 is 0 Å². The molecule has 3 heteroatoms. The highest BCUT2D eigenvalue weighted by molar-refractivity contribution is 6.30. The third-order valence-electron chi connectivity index (χ3n) is 3.81. The fourth-order valence-corrected chi connectivity index (χ4v) is 2.93. The van der Waals surface area contributed by atoms with Crippen LogP contribution in [0.5, 0.6) is 5.75 Å². The second kappa shape index (κ2) is 5.27. The van der Waals surface area contributed by atoms with Crippen LogP contribution in [-0.4, -0.2) is 5.60 Å². The van der Waals surface area contributed by atoms with Gasteiger partial charge in [0.05, 0.1) is 0 Å². The highest BCUT2D eigenvalue weighted by Gasteiger charge is 2.29. The summed E-state index contributed by atoms with van der Waals surface area (Å²) in [5.41, 5.74) is 4.75. The molecule has 0 atom stereocenters. The van der Waals surface area contributed by atoms with Gasteiger partial charge in [0, 0.05) is 23.7 Å². The summed E-state index contributed by atoms with van der Waals surface area (Å²) in [6, 6.07) is 12.3. The lowest BCUT2D eigenvalue weighted by Crippen LogP contribution is -2.24. The van der Waals surface area contributed by atoms with Crippen LogP contribution >= 0.6 is 11.6 Å². The van der Waals surface area contributed by atoms with Crippen molar-refractivity contribution in [3.63, 3.8) is 0 Å². The molecule has 1 aliphatic heterocycles. The molecule has 0 bridgehead atoms. The largest absolute Gasteiger partial charge is 0.487 e. The van der Waals surface area contributed by atoms with Gasteiger partial charge in [-0.25, -0.2) is 0 Å². The Balaban J connectivity index is 1.74. The summed E-state index contributed by atoms with van der Waals surface area (Å²) in [7, 11) is 0. The number of hydrogen-bond donors (Lipinski definition) is 1. The minimum Gasteiger partial charge on any atom is -0.487 e. The van der Waals surface area contributed by atoms with Crippen molar-refractivity contribution in [2.24, 2.45) is 0 Å². The molecule has 1 heterocycles. The minimum atomic E-state index is -0.0854. The maximum atomic E-state index is 6.05. The maximum absolute atomic E-state index is 6.05. The highest BCUT2D eigenvalue weighted by atomic mass is 35.5. The Bertz CT molecular complexity index is 679. The molecule has 1 aliphatic rings. The Morgan fingerprint density at radius 1 is 1.19 bits per heavy atom. The summed E-state index contributed by atoms with van der Waals surface area (Å²) in [5.74, 6) is 1.02. The van der Waals surface area contributed by atoms with Crippen molar-refractivity contribution in [2.45, 2.75) is 39.3 Å². The Labute approximate surface area is 131 Å². The van der Waals surface area contributed by atoms with Gasteiger partial charge in [0.25, 0.3) is 0 Å². The van der Waals surface area contributed by atoms with Crippen LogP contribution in [-0.2, 0) is 13.0 Å². The van der Waals surface area contributed by atoms with Crippen LogP contribution in [0.15, 0.2) is 36.4 Å². The molecule has 0 saturated carbocycles. The van der Waals surface area contributed by atoms with E-state index in [-0.39, 0.29) is 5.60 Å². The Morgan fingerprint density at radius 2 is 2.00 bits per heavy atom. The number of hydrogen-bond acceptors (Lipinski definition) is 2. The van der Waals surface area contributed by atoms with Gasteiger partial charge in [-0.3, -0.25) is 0 Å². The average Bonchev–Trinajstić information content (AvgIpc) is 2.72. The number of ether oxygens (including phenoxy) is 1. The maximum Gasteiger partial charge on any atom is 0.123 e. The molecule has 21 heavy (non-hydrogen) atoms. The van der Waals surface area contributed by atoms with E-state index in [0.29, 0.717) is 0 Å². The van der Waals surface area contributed by atoms with Crippen LogP contribution < -0.4 is 10.1 Å². The van der Waals surface area contributed by atoms with Gasteiger partial charge >= 0.3 is 0 Å². The van der Waals surface area contributed by atoms with Gasteiger partial charge in [-0.15, -0.1) is 0 Å². The van der Waals surface area contributed by atoms with Gasteiger partial charge in [0.2, 0.25) is 0 Å². The summed E-state index contributed by atoms with van der Waals surface area (Å²) in [6.45, 7) is 7.12. The molecular weight excluding hydrogens is 282 g/mol. The van der Waals surface area contributed by atoms with Gasteiger partial charge in [0.15, 0.2) is 0 Å². The molecule has 0 saturated heterocycles. The molecular formula is C18H20ClNO. The predicted octanol–water partition coefficient (Wildman–Crippen LogP) is 4.97. The summed E-state index contributed by atoms with van der Waals surface area (Å²) in [4.78, 5) is 0. The average molecular weight is 302 g/mol. The van der Waals surface area contributed by atoms with E-state index in [1.165, 1.54) is 16.7 Å². The number of benzene rings is 2. The van der Waals surface area contributed by atoms with Crippen molar-refractivity contribution < 1.29 is 4.74 Å². The van der Waals surface area contributed by atoms with Gasteiger partial charge in [-0.1, -0.05) is 29.8 Å². The lowest BCUT2D eigenvalue weighted by molar-refractivity contribution is 0.138. The van der Waals surface area contributed by atoms with Crippen LogP contribution in [0.4, 0.5) is 5.69 Å². The van der Waals surface area contributed by atoms with Crippen molar-refractivity contribution >= 4 is 17.3 Å². The van der Waals surface area contributed by atoms with E-state index >= 15 is 0 Å². The molecule has 2 nitrogen and oxygen atoms in total. The summed E-state index contributed by atoms with van der Waals surface area (Å²) < 4.78 is 5.91. The molecule has 0 spiro atoms. The van der Waals surface area contributed by atoms with Crippen LogP contribution in [0.3, 0.4) is 0 Å². The van der Waals surface area contributed by atoms with E-state index in [1.807, 2.05) is 18.2 Å². The first-order chi connectivity index (χ1) is 9.93. The Morgan fingerprint density at radius 3 is 2.81 bits per heavy atom. The third-order valence-corrected chi connectivity index (χ3v) is 4.04. The smallest absolute Gasteiger partial charge is 0.123 e. The van der Waals surface area contributed by atoms with Crippen molar-refractivity contribution in [2.75, 3.05) is 5.32 Å². The first-order valence-corrected chi connectivity index (χ1v) is 7.62. The van der Waals surface area contributed by atoms with Gasteiger partial charge in [-0.2, -0.15) is 0 Å². The number of halogens is 1. The molecule has 0 unspecified atom stereocenters. The zero-order valence-electron chi connectivity index (χ0n) is 12.7. The predicted molar refractivity (Wildman–Crippen MR) is 88.4 cm³/mol. The standard InChI is InChI=1S/C18H20ClNO/c1-12-4-6-15(19)9-16(12)20-11-13-5-7-17-14(8-13)10-18(2,3)21-17/h4-9,20H,10-11H2,1-3H3. The first kappa shape index (κ1) is 14.3. The quantitative estimate of drug-likeness (QED) is 0.864. The van der Waals surface area contributed by atoms with Crippen LogP contribution in [0, 0.1) is 6.92 Å². The molecule has 0 fully saturated rings. The molecule has 3 rings (SSSR count). The number of rotatable bonds is 3. The fourth-order valence-electron chi connectivity index (χ4n) is 2.75. The Kier molecular flexibility index (Phi) is 3.58. The molecule has 0 amide bonds. The van der Waals surface area contributed by atoms with Gasteiger partial charge in [0.1, 0.15) is 11.4 Å². The topological polar surface area (TPSA) is 21.3 Å². The fraction of sp³-hybridized carbons (Fsp3) is 0.333. The number of anilines is 1. The van der Waals surface area contributed by atoms with E-state index in [2.05, 4.69) is 44.3 Å². The number of fused-ring (bicyclic) bond motifs is 1. The lowest BCUT2D eigenvalue weighted by Gasteiger charge is -2.16. The van der Waals surface area contributed by atoms with Crippen molar-refractivity contribution in [1.29, 1.82) is 0 Å². The van der Waals surface area contributed by atoms with Crippen molar-refractivity contribution in [3.05, 3.63) is 58.1 Å². The second-order valence-corrected chi connectivity index (χ2v) is 6.73. The molecule has 110 valence electrons. The zero-order valence-corrected chi connectivity index (χ0v) is 13.4. The highest BCUT2D eigenvalue weighted by Crippen LogP contribution is 2.35. The van der Waals surface area contributed by atoms with E-state index in [1.54, 1.807) is 0 Å². The van der Waals surface area contributed by atoms with Crippen molar-refractivity contribution in [3.8, 4) is 5.75 Å². The van der Waals surface area contributed by atoms with Gasteiger partial charge in [-0.05, 0) is 55.7 Å². The molecule has 0 aromatic heterocycles. The molecule has 2 aromatic carbocycles. The number of nitrogens with one attached hydrogen (secondary N) is 1. The van der Waals surface area contributed by atoms with Crippen molar-refractivity contribution in [1.82, 2.24) is 0 Å². The van der Waals surface area contributed by atoms with Gasteiger partial charge < -0.3 is 10.1 Å². The van der Waals surface area contributed by atoms with E-state index in [0.717, 1.165) is 29.4 Å². The molecule has 2 aromatic rings. The first-order valence-electron chi connectivity index (χ1n) is 7.24. The summed E-state index contributed by atoms with van der Waals surface area (Å²) in [5, 5.41) is 4.21. The monoisotopic (exact) mass is 301 g/mol. The lowest BCUT2D eigenvalue weighted by atomic mass is 10.0. The molecule has 0 radical (unpaired) electrons. The second-order valence-electron chi connectivity index (χ2n) is 6.29. The summed E-state index contributed by atoms with van der Waals surface area (Å²) >= 11 is 6.05. The molecule has 1 N–H and O–H groups in total. The third kappa shape index (κ3) is 3.16. The van der Waals surface area contributed by atoms with Crippen LogP contribution in [0.25, 0.3) is 0 Å². The van der Waals surface area contributed by atoms with E-state index in [9.17, 15) is 0 Å². The van der Waals surface area contributed by atoms with Crippen LogP contribution in [0.1, 0.15) is 30.5 Å². The number of aryl methyl sites for hydroxylation is 1. The minimum absolute atomic E-state index is 0.0854. The zero-order chi connectivity index (χ0) is 15.0. The SMILES string of the molecule is Cc1ccc(Cl)cc1NCc1ccc2c(c1)CC(C)(C)O2. The molecule has 0 aliphatic carbocycles. The Hall–Kier alpha value is -1.67.